The van der Waals surface area contributed by atoms with Gasteiger partial charge < -0.3 is 4.90 Å². The molecule has 0 spiro atoms. The molecule has 1 atom stereocenters. The number of quaternary nitrogens is 1. The van der Waals surface area contributed by atoms with Crippen molar-refractivity contribution in [1.29, 1.82) is 0 Å². The molecule has 1 nitrogen and oxygen atoms in total. The van der Waals surface area contributed by atoms with E-state index in [1.807, 2.05) is 6.92 Å². The van der Waals surface area contributed by atoms with Crippen LogP contribution in [0.5, 0.6) is 0 Å². The van der Waals surface area contributed by atoms with Crippen molar-refractivity contribution in [1.82, 2.24) is 0 Å². The van der Waals surface area contributed by atoms with Crippen LogP contribution in [0.1, 0.15) is 13.8 Å². The Bertz CT molecular complexity index is 157. The van der Waals surface area contributed by atoms with Gasteiger partial charge in [0, 0.05) is 0 Å². The second kappa shape index (κ2) is 4.93. The van der Waals surface area contributed by atoms with Gasteiger partial charge in [-0.25, -0.2) is 0 Å². The van der Waals surface area contributed by atoms with Crippen molar-refractivity contribution in [2.24, 2.45) is 0 Å². The molecule has 1 N–H and O–H groups in total. The van der Waals surface area contributed by atoms with Gasteiger partial charge in [0.2, 0.25) is 0 Å². The molecule has 0 heterocycles. The quantitative estimate of drug-likeness (QED) is 0.447. The maximum Gasteiger partial charge on any atom is 0.0913 e. The van der Waals surface area contributed by atoms with Gasteiger partial charge in [-0.05, 0) is 19.9 Å². The molecule has 0 aromatic heterocycles. The van der Waals surface area contributed by atoms with Crippen LogP contribution in [-0.4, -0.2) is 17.5 Å². The van der Waals surface area contributed by atoms with Crippen molar-refractivity contribution in [3.05, 3.63) is 24.4 Å². The standard InChI is InChI=1S/C9H16IN/c1-5-6-9(2,10)7-8-11(3)4/h5-8H,1-4H3/p+1. The van der Waals surface area contributed by atoms with E-state index in [0.717, 1.165) is 0 Å². The van der Waals surface area contributed by atoms with Gasteiger partial charge in [0.15, 0.2) is 0 Å². The summed E-state index contributed by atoms with van der Waals surface area (Å²) in [6.07, 6.45) is 8.64. The van der Waals surface area contributed by atoms with Gasteiger partial charge in [-0.3, -0.25) is 0 Å². The molecule has 0 aliphatic carbocycles. The minimum atomic E-state index is 0.170. The number of alkyl halides is 1. The van der Waals surface area contributed by atoms with Crippen molar-refractivity contribution in [3.8, 4) is 0 Å². The van der Waals surface area contributed by atoms with Crippen LogP contribution < -0.4 is 4.90 Å². The zero-order valence-corrected chi connectivity index (χ0v) is 9.84. The maximum absolute atomic E-state index is 2.42. The minimum absolute atomic E-state index is 0.170. The molecule has 0 rings (SSSR count). The molecule has 0 saturated carbocycles. The van der Waals surface area contributed by atoms with Gasteiger partial charge in [0.1, 0.15) is 0 Å². The number of nitrogens with one attached hydrogen (secondary N) is 1. The highest BCUT2D eigenvalue weighted by atomic mass is 127. The molecule has 0 radical (unpaired) electrons. The van der Waals surface area contributed by atoms with Gasteiger partial charge in [-0.2, -0.15) is 0 Å². The van der Waals surface area contributed by atoms with Crippen molar-refractivity contribution in [2.75, 3.05) is 14.1 Å². The van der Waals surface area contributed by atoms with Crippen molar-refractivity contribution in [2.45, 2.75) is 17.3 Å². The van der Waals surface area contributed by atoms with Crippen LogP contribution in [0.3, 0.4) is 0 Å². The Morgan fingerprint density at radius 1 is 1.27 bits per heavy atom. The van der Waals surface area contributed by atoms with Crippen molar-refractivity contribution in [3.63, 3.8) is 0 Å². The Kier molecular flexibility index (Phi) is 5.01. The number of hydrogen-bond donors (Lipinski definition) is 1. The van der Waals surface area contributed by atoms with E-state index in [4.69, 9.17) is 0 Å². The molecule has 0 aliphatic rings. The SMILES string of the molecule is CC=CC(C)(I)C=C[NH+](C)C. The minimum Gasteiger partial charge on any atom is -0.314 e. The zero-order chi connectivity index (χ0) is 8.91. The van der Waals surface area contributed by atoms with Gasteiger partial charge in [-0.1, -0.05) is 34.7 Å². The molecule has 0 saturated heterocycles. The van der Waals surface area contributed by atoms with Gasteiger partial charge >= 0.3 is 0 Å². The molecular formula is C9H17IN+. The van der Waals surface area contributed by atoms with Crippen LogP contribution in [0.25, 0.3) is 0 Å². The van der Waals surface area contributed by atoms with Crippen LogP contribution in [0.15, 0.2) is 24.4 Å². The smallest absolute Gasteiger partial charge is 0.0913 e. The van der Waals surface area contributed by atoms with Gasteiger partial charge in [0.05, 0.1) is 23.7 Å². The summed E-state index contributed by atoms with van der Waals surface area (Å²) in [5.74, 6) is 0. The van der Waals surface area contributed by atoms with Gasteiger partial charge in [-0.15, -0.1) is 0 Å². The van der Waals surface area contributed by atoms with Crippen LogP contribution in [-0.2, 0) is 0 Å². The van der Waals surface area contributed by atoms with E-state index in [1.165, 1.54) is 4.90 Å². The summed E-state index contributed by atoms with van der Waals surface area (Å²) in [6.45, 7) is 4.24. The lowest BCUT2D eigenvalue weighted by atomic mass is 10.1. The van der Waals surface area contributed by atoms with E-state index in [0.29, 0.717) is 0 Å². The third kappa shape index (κ3) is 6.56. The monoisotopic (exact) mass is 266 g/mol. The molecule has 0 bridgehead atoms. The lowest BCUT2D eigenvalue weighted by Crippen LogP contribution is -3.00. The van der Waals surface area contributed by atoms with E-state index in [-0.39, 0.29) is 3.42 Å². The Balaban J connectivity index is 4.11. The molecular weight excluding hydrogens is 249 g/mol. The molecule has 0 fully saturated rings. The first kappa shape index (κ1) is 11.2. The predicted molar refractivity (Wildman–Crippen MR) is 59.2 cm³/mol. The summed E-state index contributed by atoms with van der Waals surface area (Å²) in [5, 5.41) is 0. The van der Waals surface area contributed by atoms with Crippen molar-refractivity contribution < 1.29 is 4.90 Å². The average molecular weight is 266 g/mol. The summed E-state index contributed by atoms with van der Waals surface area (Å²) in [7, 11) is 4.22. The van der Waals surface area contributed by atoms with E-state index in [2.05, 4.69) is 68.0 Å². The molecule has 0 amide bonds. The molecule has 0 aromatic rings. The Hall–Kier alpha value is 0.170. The predicted octanol–water partition coefficient (Wildman–Crippen LogP) is 1.41. The largest absolute Gasteiger partial charge is 0.314 e. The van der Waals surface area contributed by atoms with E-state index >= 15 is 0 Å². The summed E-state index contributed by atoms with van der Waals surface area (Å²) < 4.78 is 0.170. The summed E-state index contributed by atoms with van der Waals surface area (Å²) in [6, 6.07) is 0. The van der Waals surface area contributed by atoms with Crippen LogP contribution >= 0.6 is 22.6 Å². The van der Waals surface area contributed by atoms with E-state index in [9.17, 15) is 0 Å². The molecule has 1 unspecified atom stereocenters. The average Bonchev–Trinajstić information content (AvgIpc) is 1.84. The molecule has 0 aromatic carbocycles. The fourth-order valence-corrected chi connectivity index (χ4v) is 1.25. The Morgan fingerprint density at radius 3 is 2.18 bits per heavy atom. The Morgan fingerprint density at radius 2 is 1.82 bits per heavy atom. The third-order valence-corrected chi connectivity index (χ3v) is 1.95. The number of allylic oxidation sites excluding steroid dienone is 3. The third-order valence-electron chi connectivity index (χ3n) is 1.24. The fraction of sp³-hybridized carbons (Fsp3) is 0.556. The Labute approximate surface area is 83.3 Å². The molecule has 2 heteroatoms. The lowest BCUT2D eigenvalue weighted by molar-refractivity contribution is -0.801. The molecule has 11 heavy (non-hydrogen) atoms. The number of hydrogen-bond acceptors (Lipinski definition) is 0. The number of halogens is 1. The topological polar surface area (TPSA) is 4.44 Å². The normalized spacial score (nSPS) is 18.4. The van der Waals surface area contributed by atoms with Crippen LogP contribution in [0.2, 0.25) is 0 Å². The second-order valence-electron chi connectivity index (χ2n) is 3.06. The summed E-state index contributed by atoms with van der Waals surface area (Å²) >= 11 is 2.42. The fourth-order valence-electron chi connectivity index (χ4n) is 0.711. The van der Waals surface area contributed by atoms with E-state index in [1.54, 1.807) is 0 Å². The highest BCUT2D eigenvalue weighted by molar-refractivity contribution is 14.1. The zero-order valence-electron chi connectivity index (χ0n) is 7.69. The highest BCUT2D eigenvalue weighted by Gasteiger charge is 2.10. The first-order valence-electron chi connectivity index (χ1n) is 3.80. The summed E-state index contributed by atoms with van der Waals surface area (Å²) in [4.78, 5) is 1.34. The van der Waals surface area contributed by atoms with Crippen LogP contribution in [0.4, 0.5) is 0 Å². The van der Waals surface area contributed by atoms with Gasteiger partial charge in [0.25, 0.3) is 0 Å². The summed E-state index contributed by atoms with van der Waals surface area (Å²) in [5.41, 5.74) is 0. The number of rotatable bonds is 3. The molecule has 64 valence electrons. The lowest BCUT2D eigenvalue weighted by Gasteiger charge is -2.11. The van der Waals surface area contributed by atoms with Crippen molar-refractivity contribution >= 4 is 22.6 Å². The maximum atomic E-state index is 2.42. The first-order valence-corrected chi connectivity index (χ1v) is 4.88. The highest BCUT2D eigenvalue weighted by Crippen LogP contribution is 2.20. The molecule has 0 aliphatic heterocycles. The first-order chi connectivity index (χ1) is 4.98. The van der Waals surface area contributed by atoms with Crippen LogP contribution in [0, 0.1) is 0 Å². The van der Waals surface area contributed by atoms with E-state index < -0.39 is 0 Å². The second-order valence-corrected chi connectivity index (χ2v) is 5.39.